The quantitative estimate of drug-likeness (QED) is 0.305. The Bertz CT molecular complexity index is 862. The molecule has 0 aliphatic carbocycles. The lowest BCUT2D eigenvalue weighted by atomic mass is 10.1. The van der Waals surface area contributed by atoms with E-state index in [9.17, 15) is 9.59 Å². The van der Waals surface area contributed by atoms with Crippen LogP contribution in [-0.4, -0.2) is 36.6 Å². The molecule has 0 saturated heterocycles. The van der Waals surface area contributed by atoms with E-state index in [-0.39, 0.29) is 27.1 Å². The van der Waals surface area contributed by atoms with Crippen molar-refractivity contribution in [2.45, 2.75) is 26.8 Å². The number of esters is 1. The van der Waals surface area contributed by atoms with E-state index in [0.717, 1.165) is 24.4 Å². The molecule has 1 aromatic heterocycles. The maximum atomic E-state index is 12.5. The first-order valence-corrected chi connectivity index (χ1v) is 9.12. The first-order chi connectivity index (χ1) is 12.8. The van der Waals surface area contributed by atoms with Crippen molar-refractivity contribution in [2.75, 3.05) is 26.1 Å². The summed E-state index contributed by atoms with van der Waals surface area (Å²) in [7, 11) is 1.65. The number of rotatable bonds is 8. The van der Waals surface area contributed by atoms with Crippen molar-refractivity contribution < 1.29 is 19.1 Å². The summed E-state index contributed by atoms with van der Waals surface area (Å²) in [5, 5.41) is 0.410. The largest absolute Gasteiger partial charge is 0.454 e. The second-order valence-corrected chi connectivity index (χ2v) is 6.97. The zero-order valence-corrected chi connectivity index (χ0v) is 17.0. The number of ether oxygens (including phenoxy) is 2. The summed E-state index contributed by atoms with van der Waals surface area (Å²) in [6.45, 7) is 4.78. The highest BCUT2D eigenvalue weighted by Gasteiger charge is 2.20. The van der Waals surface area contributed by atoms with Crippen LogP contribution in [0.15, 0.2) is 18.2 Å². The highest BCUT2D eigenvalue weighted by molar-refractivity contribution is 6.37. The number of halogens is 2. The van der Waals surface area contributed by atoms with E-state index in [2.05, 4.69) is 0 Å². The van der Waals surface area contributed by atoms with Gasteiger partial charge in [-0.3, -0.25) is 4.79 Å². The molecule has 0 spiro atoms. The average Bonchev–Trinajstić information content (AvgIpc) is 2.90. The van der Waals surface area contributed by atoms with Gasteiger partial charge in [-0.1, -0.05) is 23.2 Å². The predicted molar refractivity (Wildman–Crippen MR) is 106 cm³/mol. The number of aryl methyl sites for hydroxylation is 1. The van der Waals surface area contributed by atoms with Crippen LogP contribution in [-0.2, 0) is 16.0 Å². The van der Waals surface area contributed by atoms with Crippen LogP contribution in [0, 0.1) is 13.8 Å². The number of carbonyl (C=O) groups is 2. The van der Waals surface area contributed by atoms with Gasteiger partial charge >= 0.3 is 5.97 Å². The summed E-state index contributed by atoms with van der Waals surface area (Å²) in [4.78, 5) is 24.8. The number of Topliss-reactive ketones (excluding diaryl/α,β-unsaturated/α-hetero) is 1. The van der Waals surface area contributed by atoms with Gasteiger partial charge in [0.25, 0.3) is 0 Å². The molecule has 27 heavy (non-hydrogen) atoms. The van der Waals surface area contributed by atoms with Crippen LogP contribution in [0.25, 0.3) is 0 Å². The smallest absolute Gasteiger partial charge is 0.340 e. The Morgan fingerprint density at radius 2 is 1.85 bits per heavy atom. The van der Waals surface area contributed by atoms with Crippen LogP contribution < -0.4 is 5.73 Å². The minimum absolute atomic E-state index is 0.0327. The molecule has 6 nitrogen and oxygen atoms in total. The van der Waals surface area contributed by atoms with Crippen molar-refractivity contribution in [1.29, 1.82) is 0 Å². The van der Waals surface area contributed by atoms with Gasteiger partial charge < -0.3 is 19.8 Å². The van der Waals surface area contributed by atoms with Gasteiger partial charge in [-0.05, 0) is 38.5 Å². The SMILES string of the molecule is COCCCn1c(C)cc(C(=O)COC(=O)c2cc(Cl)cc(Cl)c2N)c1C. The number of ketones is 1. The first-order valence-electron chi connectivity index (χ1n) is 8.36. The summed E-state index contributed by atoms with van der Waals surface area (Å²) < 4.78 is 12.2. The third-order valence-electron chi connectivity index (χ3n) is 4.25. The molecule has 1 aromatic carbocycles. The molecule has 1 heterocycles. The Hall–Kier alpha value is -2.02. The standard InChI is InChI=1S/C19H22Cl2N2O4/c1-11-7-14(12(2)23(11)5-4-6-26-3)17(24)10-27-19(25)15-8-13(20)9-16(21)18(15)22/h7-9H,4-6,10,22H2,1-3H3. The van der Waals surface area contributed by atoms with E-state index in [1.54, 1.807) is 13.2 Å². The highest BCUT2D eigenvalue weighted by Crippen LogP contribution is 2.28. The molecule has 2 aromatic rings. The molecular formula is C19H22Cl2N2O4. The minimum atomic E-state index is -0.751. The summed E-state index contributed by atoms with van der Waals surface area (Å²) in [6, 6.07) is 4.58. The molecule has 0 atom stereocenters. The molecule has 0 bridgehead atoms. The monoisotopic (exact) mass is 412 g/mol. The number of nitrogen functional groups attached to an aromatic ring is 1. The fraction of sp³-hybridized carbons (Fsp3) is 0.368. The highest BCUT2D eigenvalue weighted by atomic mass is 35.5. The van der Waals surface area contributed by atoms with Crippen LogP contribution in [0.5, 0.6) is 0 Å². The number of methoxy groups -OCH3 is 1. The number of nitrogens with two attached hydrogens (primary N) is 1. The van der Waals surface area contributed by atoms with Crippen molar-refractivity contribution in [3.8, 4) is 0 Å². The zero-order chi connectivity index (χ0) is 20.1. The molecule has 0 aliphatic rings. The third kappa shape index (κ3) is 5.03. The molecule has 2 N–H and O–H groups in total. The van der Waals surface area contributed by atoms with Gasteiger partial charge in [0.1, 0.15) is 0 Å². The Balaban J connectivity index is 2.08. The zero-order valence-electron chi connectivity index (χ0n) is 15.5. The van der Waals surface area contributed by atoms with Crippen molar-refractivity contribution in [1.82, 2.24) is 4.57 Å². The molecule has 146 valence electrons. The number of benzene rings is 1. The van der Waals surface area contributed by atoms with Gasteiger partial charge in [0.15, 0.2) is 6.61 Å². The van der Waals surface area contributed by atoms with Crippen molar-refractivity contribution >= 4 is 40.6 Å². The predicted octanol–water partition coefficient (Wildman–Crippen LogP) is 4.07. The maximum Gasteiger partial charge on any atom is 0.340 e. The summed E-state index contributed by atoms with van der Waals surface area (Å²) >= 11 is 11.8. The van der Waals surface area contributed by atoms with Crippen LogP contribution in [0.3, 0.4) is 0 Å². The Kier molecular flexibility index (Phi) is 7.30. The lowest BCUT2D eigenvalue weighted by molar-refractivity contribution is 0.0475. The van der Waals surface area contributed by atoms with Gasteiger partial charge in [-0.25, -0.2) is 4.79 Å². The summed E-state index contributed by atoms with van der Waals surface area (Å²) in [6.07, 6.45) is 0.838. The average molecular weight is 413 g/mol. The van der Waals surface area contributed by atoms with Crippen LogP contribution >= 0.6 is 23.2 Å². The topological polar surface area (TPSA) is 83.5 Å². The fourth-order valence-corrected chi connectivity index (χ4v) is 3.33. The molecule has 2 rings (SSSR count). The van der Waals surface area contributed by atoms with E-state index in [4.69, 9.17) is 38.4 Å². The van der Waals surface area contributed by atoms with Gasteiger partial charge in [-0.2, -0.15) is 0 Å². The molecule has 0 amide bonds. The minimum Gasteiger partial charge on any atom is -0.454 e. The number of nitrogens with zero attached hydrogens (tertiary/aromatic N) is 1. The summed E-state index contributed by atoms with van der Waals surface area (Å²) in [5.74, 6) is -1.04. The van der Waals surface area contributed by atoms with E-state index < -0.39 is 12.6 Å². The summed E-state index contributed by atoms with van der Waals surface area (Å²) in [5.41, 5.74) is 8.20. The molecule has 0 unspecified atom stereocenters. The number of carbonyl (C=O) groups excluding carboxylic acids is 2. The van der Waals surface area contributed by atoms with Gasteiger partial charge in [0.2, 0.25) is 5.78 Å². The number of hydrogen-bond acceptors (Lipinski definition) is 5. The molecule has 0 fully saturated rings. The van der Waals surface area contributed by atoms with Crippen LogP contribution in [0.4, 0.5) is 5.69 Å². The fourth-order valence-electron chi connectivity index (χ4n) is 2.83. The lowest BCUT2D eigenvalue weighted by Gasteiger charge is -2.10. The second kappa shape index (κ2) is 9.26. The van der Waals surface area contributed by atoms with Crippen molar-refractivity contribution in [2.24, 2.45) is 0 Å². The van der Waals surface area contributed by atoms with E-state index in [0.29, 0.717) is 12.2 Å². The maximum absolute atomic E-state index is 12.5. The van der Waals surface area contributed by atoms with Crippen LogP contribution in [0.2, 0.25) is 10.0 Å². The number of aromatic nitrogens is 1. The number of anilines is 1. The van der Waals surface area contributed by atoms with Gasteiger partial charge in [0, 0.05) is 42.2 Å². The van der Waals surface area contributed by atoms with E-state index >= 15 is 0 Å². The second-order valence-electron chi connectivity index (χ2n) is 6.13. The van der Waals surface area contributed by atoms with E-state index in [1.165, 1.54) is 12.1 Å². The molecule has 0 aliphatic heterocycles. The van der Waals surface area contributed by atoms with E-state index in [1.807, 2.05) is 18.4 Å². The van der Waals surface area contributed by atoms with Gasteiger partial charge in [-0.15, -0.1) is 0 Å². The molecule has 8 heteroatoms. The Labute approximate surface area is 168 Å². The normalized spacial score (nSPS) is 10.9. The lowest BCUT2D eigenvalue weighted by Crippen LogP contribution is -2.16. The van der Waals surface area contributed by atoms with Crippen LogP contribution in [0.1, 0.15) is 38.5 Å². The van der Waals surface area contributed by atoms with Crippen molar-refractivity contribution in [3.63, 3.8) is 0 Å². The Morgan fingerprint density at radius 1 is 1.15 bits per heavy atom. The van der Waals surface area contributed by atoms with Crippen molar-refractivity contribution in [3.05, 3.63) is 50.8 Å². The Morgan fingerprint density at radius 3 is 2.52 bits per heavy atom. The van der Waals surface area contributed by atoms with Gasteiger partial charge in [0.05, 0.1) is 16.3 Å². The molecular weight excluding hydrogens is 391 g/mol. The number of hydrogen-bond donors (Lipinski definition) is 1. The molecule has 0 saturated carbocycles. The third-order valence-corrected chi connectivity index (χ3v) is 4.78. The molecule has 0 radical (unpaired) electrons. The first kappa shape index (κ1) is 21.3.